The van der Waals surface area contributed by atoms with Gasteiger partial charge in [-0.15, -0.1) is 0 Å². The molecule has 9 heteroatoms. The number of aliphatic hydroxyl groups is 1. The monoisotopic (exact) mass is 340 g/mol. The van der Waals surface area contributed by atoms with Gasteiger partial charge in [-0.3, -0.25) is 9.63 Å². The van der Waals surface area contributed by atoms with E-state index < -0.39 is 42.6 Å². The van der Waals surface area contributed by atoms with Crippen LogP contribution in [0, 0.1) is 0 Å². The molecule has 0 aliphatic heterocycles. The van der Waals surface area contributed by atoms with E-state index in [1.807, 2.05) is 17.7 Å². The zero-order valence-electron chi connectivity index (χ0n) is 13.9. The van der Waals surface area contributed by atoms with Gasteiger partial charge in [0, 0.05) is 0 Å². The van der Waals surface area contributed by atoms with E-state index in [-0.39, 0.29) is 6.61 Å². The number of carbonyl (C=O) groups is 2. The number of alkyl carbamates (subject to hydrolysis) is 1. The Balaban J connectivity index is 4.95. The Morgan fingerprint density at radius 2 is 1.78 bits per heavy atom. The highest BCUT2D eigenvalue weighted by Crippen LogP contribution is 2.15. The highest BCUT2D eigenvalue weighted by Gasteiger charge is 2.44. The number of ether oxygens (including phenoxy) is 1. The van der Waals surface area contributed by atoms with E-state index in [0.29, 0.717) is 6.42 Å². The smallest absolute Gasteiger partial charge is 0.408 e. The minimum atomic E-state index is -2.71. The minimum Gasteiger partial charge on any atom is -0.444 e. The summed E-state index contributed by atoms with van der Waals surface area (Å²) in [5.41, 5.74) is -1.64. The fourth-order valence-corrected chi connectivity index (χ4v) is 1.46. The second kappa shape index (κ2) is 9.61. The normalized spacial score (nSPS) is 13.3. The van der Waals surface area contributed by atoms with Crippen molar-refractivity contribution in [2.45, 2.75) is 57.8 Å². The van der Waals surface area contributed by atoms with E-state index >= 15 is 0 Å². The van der Waals surface area contributed by atoms with Crippen molar-refractivity contribution in [2.24, 2.45) is 0 Å². The number of alkyl halides is 2. The third-order valence-electron chi connectivity index (χ3n) is 2.70. The first kappa shape index (κ1) is 21.5. The Labute approximate surface area is 134 Å². The molecule has 3 N–H and O–H groups in total. The number of unbranched alkanes of at least 4 members (excludes halogenated alkanes) is 1. The lowest BCUT2D eigenvalue weighted by atomic mass is 9.96. The zero-order chi connectivity index (χ0) is 18.1. The van der Waals surface area contributed by atoms with Crippen LogP contribution < -0.4 is 10.8 Å². The molecule has 23 heavy (non-hydrogen) atoms. The number of hydrogen-bond donors (Lipinski definition) is 3. The first-order valence-electron chi connectivity index (χ1n) is 7.35. The number of amides is 2. The molecule has 0 aromatic carbocycles. The second-order valence-corrected chi connectivity index (χ2v) is 6.12. The summed E-state index contributed by atoms with van der Waals surface area (Å²) in [4.78, 5) is 28.5. The van der Waals surface area contributed by atoms with Gasteiger partial charge in [-0.2, -0.15) is 0 Å². The summed E-state index contributed by atoms with van der Waals surface area (Å²) in [6, 6.07) is -1.91. The molecule has 0 aromatic heterocycles. The Morgan fingerprint density at radius 1 is 1.22 bits per heavy atom. The van der Waals surface area contributed by atoms with Crippen LogP contribution in [-0.2, 0) is 14.4 Å². The maximum absolute atomic E-state index is 13.0. The number of carbonyl (C=O) groups excluding carboxylic acids is 2. The summed E-state index contributed by atoms with van der Waals surface area (Å²) >= 11 is 0. The molecule has 0 aromatic rings. The van der Waals surface area contributed by atoms with Crippen molar-refractivity contribution < 1.29 is 33.1 Å². The van der Waals surface area contributed by atoms with Crippen molar-refractivity contribution in [1.29, 1.82) is 0 Å². The lowest BCUT2D eigenvalue weighted by Crippen LogP contribution is -2.62. The molecular weight excluding hydrogens is 314 g/mol. The molecule has 0 saturated carbocycles. The van der Waals surface area contributed by atoms with Crippen LogP contribution in [0.4, 0.5) is 13.6 Å². The average molecular weight is 340 g/mol. The Hall–Kier alpha value is -1.48. The van der Waals surface area contributed by atoms with Crippen molar-refractivity contribution >= 4 is 12.0 Å². The standard InChI is InChI=1S/C14H26F2N2O5/c1-5-6-7-22-18-11(19)10(14(21,8-15)9-16)17-12(20)23-13(2,3)4/h10,21H,5-9H2,1-4H3,(H,17,20)(H,18,19)/t10-/m1/s1. The van der Waals surface area contributed by atoms with Crippen molar-refractivity contribution in [1.82, 2.24) is 10.8 Å². The molecule has 2 amide bonds. The van der Waals surface area contributed by atoms with Gasteiger partial charge in [-0.05, 0) is 27.2 Å². The predicted molar refractivity (Wildman–Crippen MR) is 79.1 cm³/mol. The molecule has 136 valence electrons. The van der Waals surface area contributed by atoms with E-state index in [0.717, 1.165) is 6.42 Å². The molecule has 0 spiro atoms. The van der Waals surface area contributed by atoms with Gasteiger partial charge in [-0.25, -0.2) is 19.1 Å². The van der Waals surface area contributed by atoms with Crippen molar-refractivity contribution in [3.63, 3.8) is 0 Å². The van der Waals surface area contributed by atoms with Crippen molar-refractivity contribution in [2.75, 3.05) is 20.0 Å². The van der Waals surface area contributed by atoms with Gasteiger partial charge in [0.05, 0.1) is 6.61 Å². The fourth-order valence-electron chi connectivity index (χ4n) is 1.46. The van der Waals surface area contributed by atoms with Gasteiger partial charge in [-0.1, -0.05) is 13.3 Å². The SMILES string of the molecule is CCCCONC(=O)[C@@H](NC(=O)OC(C)(C)C)C(O)(CF)CF. The fraction of sp³-hybridized carbons (Fsp3) is 0.857. The van der Waals surface area contributed by atoms with Gasteiger partial charge >= 0.3 is 6.09 Å². The second-order valence-electron chi connectivity index (χ2n) is 6.12. The van der Waals surface area contributed by atoms with Gasteiger partial charge in [0.25, 0.3) is 5.91 Å². The third kappa shape index (κ3) is 8.08. The van der Waals surface area contributed by atoms with Crippen LogP contribution >= 0.6 is 0 Å². The number of halogens is 2. The molecule has 0 saturated heterocycles. The van der Waals surface area contributed by atoms with Crippen LogP contribution in [0.25, 0.3) is 0 Å². The summed E-state index contributed by atoms with van der Waals surface area (Å²) in [5, 5.41) is 11.8. The maximum Gasteiger partial charge on any atom is 0.408 e. The van der Waals surface area contributed by atoms with E-state index in [9.17, 15) is 23.5 Å². The Bertz CT molecular complexity index is 384. The summed E-state index contributed by atoms with van der Waals surface area (Å²) in [6.07, 6.45) is 0.376. The summed E-state index contributed by atoms with van der Waals surface area (Å²) in [6.45, 7) is 3.66. The van der Waals surface area contributed by atoms with E-state index in [1.54, 1.807) is 20.8 Å². The first-order chi connectivity index (χ1) is 10.6. The molecule has 0 aliphatic rings. The molecule has 7 nitrogen and oxygen atoms in total. The minimum absolute atomic E-state index is 0.186. The van der Waals surface area contributed by atoms with Crippen LogP contribution in [0.2, 0.25) is 0 Å². The molecule has 0 rings (SSSR count). The highest BCUT2D eigenvalue weighted by atomic mass is 19.1. The number of hydroxylamine groups is 1. The van der Waals surface area contributed by atoms with E-state index in [1.165, 1.54) is 0 Å². The quantitative estimate of drug-likeness (QED) is 0.435. The molecule has 0 unspecified atom stereocenters. The third-order valence-corrected chi connectivity index (χ3v) is 2.70. The van der Waals surface area contributed by atoms with Gasteiger partial charge < -0.3 is 15.2 Å². The number of nitrogens with one attached hydrogen (secondary N) is 2. The molecule has 0 bridgehead atoms. The Morgan fingerprint density at radius 3 is 2.22 bits per heavy atom. The predicted octanol–water partition coefficient (Wildman–Crippen LogP) is 1.40. The highest BCUT2D eigenvalue weighted by molar-refractivity contribution is 5.86. The van der Waals surface area contributed by atoms with E-state index in [2.05, 4.69) is 0 Å². The van der Waals surface area contributed by atoms with Crippen LogP contribution in [0.3, 0.4) is 0 Å². The number of hydrogen-bond acceptors (Lipinski definition) is 5. The van der Waals surface area contributed by atoms with Gasteiger partial charge in [0.1, 0.15) is 25.0 Å². The van der Waals surface area contributed by atoms with Crippen molar-refractivity contribution in [3.8, 4) is 0 Å². The Kier molecular flexibility index (Phi) is 8.99. The van der Waals surface area contributed by atoms with E-state index in [4.69, 9.17) is 9.57 Å². The summed E-state index contributed by atoms with van der Waals surface area (Å²) < 4.78 is 30.9. The van der Waals surface area contributed by atoms with Crippen LogP contribution in [0.5, 0.6) is 0 Å². The first-order valence-corrected chi connectivity index (χ1v) is 7.35. The number of rotatable bonds is 9. The zero-order valence-corrected chi connectivity index (χ0v) is 13.9. The molecule has 0 radical (unpaired) electrons. The lowest BCUT2D eigenvalue weighted by molar-refractivity contribution is -0.145. The van der Waals surface area contributed by atoms with Crippen LogP contribution in [0.15, 0.2) is 0 Å². The molecule has 0 fully saturated rings. The molecule has 1 atom stereocenters. The van der Waals surface area contributed by atoms with Crippen LogP contribution in [0.1, 0.15) is 40.5 Å². The van der Waals surface area contributed by atoms with Crippen molar-refractivity contribution in [3.05, 3.63) is 0 Å². The molecular formula is C14H26F2N2O5. The summed E-state index contributed by atoms with van der Waals surface area (Å²) in [7, 11) is 0. The largest absolute Gasteiger partial charge is 0.444 e. The van der Waals surface area contributed by atoms with Gasteiger partial charge in [0.2, 0.25) is 0 Å². The topological polar surface area (TPSA) is 96.9 Å². The lowest BCUT2D eigenvalue weighted by Gasteiger charge is -2.31. The van der Waals surface area contributed by atoms with Crippen LogP contribution in [-0.4, -0.2) is 54.3 Å². The molecule has 0 aliphatic carbocycles. The van der Waals surface area contributed by atoms with Gasteiger partial charge in [0.15, 0.2) is 5.60 Å². The molecule has 0 heterocycles. The maximum atomic E-state index is 13.0. The summed E-state index contributed by atoms with van der Waals surface area (Å²) in [5.74, 6) is -1.08. The average Bonchev–Trinajstić information content (AvgIpc) is 2.46.